The highest BCUT2D eigenvalue weighted by atomic mass is 16.6. The largest absolute Gasteiger partial charge is 0.487 e. The lowest BCUT2D eigenvalue weighted by Crippen LogP contribution is -2.31. The lowest BCUT2D eigenvalue weighted by Gasteiger charge is -2.23. The Morgan fingerprint density at radius 2 is 1.81 bits per heavy atom. The second-order valence-corrected chi connectivity index (χ2v) is 4.81. The van der Waals surface area contributed by atoms with E-state index in [0.717, 1.165) is 12.4 Å². The molecule has 1 aliphatic heterocycles. The van der Waals surface area contributed by atoms with E-state index in [1.807, 2.05) is 30.3 Å². The van der Waals surface area contributed by atoms with Gasteiger partial charge < -0.3 is 9.47 Å². The molecular formula is C14H18O2. The number of epoxide rings is 1. The number of benzene rings is 1. The summed E-state index contributed by atoms with van der Waals surface area (Å²) >= 11 is 0. The van der Waals surface area contributed by atoms with Gasteiger partial charge in [0, 0.05) is 0 Å². The van der Waals surface area contributed by atoms with Gasteiger partial charge in [-0.2, -0.15) is 0 Å². The smallest absolute Gasteiger partial charge is 0.130 e. The third kappa shape index (κ3) is 2.22. The van der Waals surface area contributed by atoms with Crippen molar-refractivity contribution < 1.29 is 9.47 Å². The first-order chi connectivity index (χ1) is 7.93. The van der Waals surface area contributed by atoms with E-state index in [2.05, 4.69) is 0 Å². The van der Waals surface area contributed by atoms with Gasteiger partial charge in [-0.3, -0.25) is 0 Å². The summed E-state index contributed by atoms with van der Waals surface area (Å²) in [5.41, 5.74) is 0. The van der Waals surface area contributed by atoms with Gasteiger partial charge in [0.1, 0.15) is 18.0 Å². The topological polar surface area (TPSA) is 21.8 Å². The minimum absolute atomic E-state index is 0.282. The van der Waals surface area contributed by atoms with Crippen LogP contribution in [0.25, 0.3) is 0 Å². The van der Waals surface area contributed by atoms with Gasteiger partial charge in [0.25, 0.3) is 0 Å². The summed E-state index contributed by atoms with van der Waals surface area (Å²) < 4.78 is 11.5. The van der Waals surface area contributed by atoms with Crippen LogP contribution in [0.3, 0.4) is 0 Å². The van der Waals surface area contributed by atoms with Crippen LogP contribution in [0, 0.1) is 5.92 Å². The van der Waals surface area contributed by atoms with Gasteiger partial charge in [-0.15, -0.1) is 0 Å². The van der Waals surface area contributed by atoms with Crippen LogP contribution in [0.4, 0.5) is 0 Å². The normalized spacial score (nSPS) is 26.6. The maximum atomic E-state index is 6.10. The minimum atomic E-state index is 0.282. The molecule has 2 unspecified atom stereocenters. The molecule has 2 aliphatic rings. The summed E-state index contributed by atoms with van der Waals surface area (Å²) in [4.78, 5) is 0. The summed E-state index contributed by atoms with van der Waals surface area (Å²) in [6, 6.07) is 10.1. The number of para-hydroxylation sites is 1. The molecule has 1 saturated heterocycles. The molecule has 2 nitrogen and oxygen atoms in total. The Hall–Kier alpha value is -1.02. The Labute approximate surface area is 96.6 Å². The monoisotopic (exact) mass is 218 g/mol. The van der Waals surface area contributed by atoms with Crippen molar-refractivity contribution in [3.63, 3.8) is 0 Å². The third-order valence-corrected chi connectivity index (χ3v) is 3.61. The van der Waals surface area contributed by atoms with Crippen molar-refractivity contribution in [3.8, 4) is 5.75 Å². The Balaban J connectivity index is 1.69. The lowest BCUT2D eigenvalue weighted by molar-refractivity contribution is 0.103. The van der Waals surface area contributed by atoms with Crippen LogP contribution in [0.5, 0.6) is 5.75 Å². The Morgan fingerprint density at radius 3 is 2.44 bits per heavy atom. The standard InChI is InChI=1S/C14H18O2/c1-2-8-12(9-3-1)16-14(13-10-15-13)11-6-4-5-7-11/h1-3,8-9,11,13-14H,4-7,10H2. The van der Waals surface area contributed by atoms with Gasteiger partial charge in [-0.25, -0.2) is 0 Å². The molecule has 86 valence electrons. The molecule has 1 saturated carbocycles. The van der Waals surface area contributed by atoms with Crippen LogP contribution in [-0.2, 0) is 4.74 Å². The van der Waals surface area contributed by atoms with Crippen molar-refractivity contribution in [2.24, 2.45) is 5.92 Å². The van der Waals surface area contributed by atoms with E-state index < -0.39 is 0 Å². The van der Waals surface area contributed by atoms with Gasteiger partial charge in [0.15, 0.2) is 0 Å². The first-order valence-corrected chi connectivity index (χ1v) is 6.27. The van der Waals surface area contributed by atoms with Crippen molar-refractivity contribution in [2.45, 2.75) is 37.9 Å². The molecule has 0 N–H and O–H groups in total. The highest BCUT2D eigenvalue weighted by molar-refractivity contribution is 5.21. The van der Waals surface area contributed by atoms with Crippen LogP contribution in [-0.4, -0.2) is 18.8 Å². The number of ether oxygens (including phenoxy) is 2. The van der Waals surface area contributed by atoms with E-state index in [-0.39, 0.29) is 6.10 Å². The molecule has 0 aromatic heterocycles. The Kier molecular flexibility index (Phi) is 2.83. The van der Waals surface area contributed by atoms with Gasteiger partial charge in [0.2, 0.25) is 0 Å². The molecule has 0 bridgehead atoms. The average molecular weight is 218 g/mol. The molecule has 16 heavy (non-hydrogen) atoms. The van der Waals surface area contributed by atoms with E-state index in [1.165, 1.54) is 25.7 Å². The average Bonchev–Trinajstić information content (AvgIpc) is 3.02. The molecular weight excluding hydrogens is 200 g/mol. The fraction of sp³-hybridized carbons (Fsp3) is 0.571. The Morgan fingerprint density at radius 1 is 1.12 bits per heavy atom. The number of rotatable bonds is 4. The van der Waals surface area contributed by atoms with Crippen LogP contribution < -0.4 is 4.74 Å². The van der Waals surface area contributed by atoms with Crippen molar-refractivity contribution in [1.29, 1.82) is 0 Å². The van der Waals surface area contributed by atoms with E-state index in [1.54, 1.807) is 0 Å². The molecule has 1 aliphatic carbocycles. The zero-order valence-corrected chi connectivity index (χ0v) is 9.47. The molecule has 1 heterocycles. The summed E-state index contributed by atoms with van der Waals surface area (Å²) in [6.07, 6.45) is 5.94. The highest BCUT2D eigenvalue weighted by Crippen LogP contribution is 2.35. The quantitative estimate of drug-likeness (QED) is 0.725. The first-order valence-electron chi connectivity index (χ1n) is 6.27. The predicted octanol–water partition coefficient (Wildman–Crippen LogP) is 3.02. The minimum Gasteiger partial charge on any atom is -0.487 e. The Bertz CT molecular complexity index is 326. The van der Waals surface area contributed by atoms with Crippen molar-refractivity contribution in [2.75, 3.05) is 6.61 Å². The molecule has 2 atom stereocenters. The number of hydrogen-bond acceptors (Lipinski definition) is 2. The predicted molar refractivity (Wildman–Crippen MR) is 62.6 cm³/mol. The fourth-order valence-corrected chi connectivity index (χ4v) is 2.66. The zero-order valence-electron chi connectivity index (χ0n) is 9.47. The molecule has 2 fully saturated rings. The van der Waals surface area contributed by atoms with Crippen LogP contribution >= 0.6 is 0 Å². The maximum absolute atomic E-state index is 6.10. The molecule has 2 heteroatoms. The van der Waals surface area contributed by atoms with Gasteiger partial charge >= 0.3 is 0 Å². The highest BCUT2D eigenvalue weighted by Gasteiger charge is 2.40. The molecule has 0 spiro atoms. The van der Waals surface area contributed by atoms with E-state index in [0.29, 0.717) is 12.0 Å². The fourth-order valence-electron chi connectivity index (χ4n) is 2.66. The molecule has 0 radical (unpaired) electrons. The van der Waals surface area contributed by atoms with E-state index >= 15 is 0 Å². The maximum Gasteiger partial charge on any atom is 0.130 e. The summed E-state index contributed by atoms with van der Waals surface area (Å²) in [5, 5.41) is 0. The van der Waals surface area contributed by atoms with Gasteiger partial charge in [-0.05, 0) is 30.9 Å². The molecule has 3 rings (SSSR count). The molecule has 1 aromatic rings. The summed E-state index contributed by atoms with van der Waals surface area (Å²) in [7, 11) is 0. The van der Waals surface area contributed by atoms with E-state index in [4.69, 9.17) is 9.47 Å². The van der Waals surface area contributed by atoms with Gasteiger partial charge in [-0.1, -0.05) is 31.0 Å². The van der Waals surface area contributed by atoms with Crippen LogP contribution in [0.2, 0.25) is 0 Å². The van der Waals surface area contributed by atoms with Crippen molar-refractivity contribution >= 4 is 0 Å². The van der Waals surface area contributed by atoms with Crippen molar-refractivity contribution in [3.05, 3.63) is 30.3 Å². The first kappa shape index (κ1) is 10.2. The lowest BCUT2D eigenvalue weighted by atomic mass is 9.98. The molecule has 0 amide bonds. The van der Waals surface area contributed by atoms with Crippen LogP contribution in [0.15, 0.2) is 30.3 Å². The second-order valence-electron chi connectivity index (χ2n) is 4.81. The van der Waals surface area contributed by atoms with Crippen LogP contribution in [0.1, 0.15) is 25.7 Å². The van der Waals surface area contributed by atoms with Crippen molar-refractivity contribution in [1.82, 2.24) is 0 Å². The number of hydrogen-bond donors (Lipinski definition) is 0. The SMILES string of the molecule is c1ccc(OC(C2CCCC2)C2CO2)cc1. The summed E-state index contributed by atoms with van der Waals surface area (Å²) in [5.74, 6) is 1.68. The van der Waals surface area contributed by atoms with E-state index in [9.17, 15) is 0 Å². The summed E-state index contributed by atoms with van der Waals surface area (Å²) in [6.45, 7) is 0.883. The molecule has 1 aromatic carbocycles. The third-order valence-electron chi connectivity index (χ3n) is 3.61. The second kappa shape index (κ2) is 4.46. The van der Waals surface area contributed by atoms with Gasteiger partial charge in [0.05, 0.1) is 6.61 Å². The zero-order chi connectivity index (χ0) is 10.8.